The molecule has 2 rings (SSSR count). The number of carbonyl (C=O) groups is 2. The van der Waals surface area contributed by atoms with Crippen LogP contribution in [0.25, 0.3) is 0 Å². The number of carboxylic acid groups (broad SMARTS) is 1. The molecule has 1 unspecified atom stereocenters. The molecule has 120 valence electrons. The highest BCUT2D eigenvalue weighted by Crippen LogP contribution is 2.45. The maximum atomic E-state index is 14.0. The van der Waals surface area contributed by atoms with Crippen LogP contribution in [0.5, 0.6) is 0 Å². The summed E-state index contributed by atoms with van der Waals surface area (Å²) in [7, 11) is 0. The van der Waals surface area contributed by atoms with E-state index in [1.165, 1.54) is 6.07 Å². The first-order chi connectivity index (χ1) is 10.4. The monoisotopic (exact) mass is 311 g/mol. The summed E-state index contributed by atoms with van der Waals surface area (Å²) in [6.45, 7) is 1.82. The van der Waals surface area contributed by atoms with Gasteiger partial charge in [0.15, 0.2) is 0 Å². The van der Waals surface area contributed by atoms with Crippen LogP contribution in [0.4, 0.5) is 8.78 Å². The van der Waals surface area contributed by atoms with Crippen molar-refractivity contribution >= 4 is 11.9 Å². The molecule has 0 radical (unpaired) electrons. The Morgan fingerprint density at radius 2 is 2.05 bits per heavy atom. The van der Waals surface area contributed by atoms with E-state index in [1.54, 1.807) is 0 Å². The molecule has 1 aromatic rings. The zero-order chi connectivity index (χ0) is 16.3. The van der Waals surface area contributed by atoms with Gasteiger partial charge >= 0.3 is 5.97 Å². The predicted octanol–water partition coefficient (Wildman–Crippen LogP) is 2.76. The molecule has 22 heavy (non-hydrogen) atoms. The minimum atomic E-state index is -1.11. The number of rotatable bonds is 6. The Morgan fingerprint density at radius 3 is 2.50 bits per heavy atom. The molecule has 1 aliphatic carbocycles. The van der Waals surface area contributed by atoms with Crippen LogP contribution in [0.3, 0.4) is 0 Å². The second-order valence-corrected chi connectivity index (χ2v) is 5.71. The quantitative estimate of drug-likeness (QED) is 0.849. The maximum absolute atomic E-state index is 14.0. The Labute approximate surface area is 127 Å². The summed E-state index contributed by atoms with van der Waals surface area (Å²) in [5.41, 5.74) is -0.947. The molecule has 0 saturated heterocycles. The van der Waals surface area contributed by atoms with Crippen LogP contribution in [0, 0.1) is 11.6 Å². The molecule has 1 atom stereocenters. The molecule has 1 fully saturated rings. The van der Waals surface area contributed by atoms with E-state index in [-0.39, 0.29) is 5.56 Å². The van der Waals surface area contributed by atoms with Crippen molar-refractivity contribution in [3.05, 3.63) is 35.4 Å². The van der Waals surface area contributed by atoms with Crippen molar-refractivity contribution in [2.45, 2.75) is 50.5 Å². The normalized spacial score (nSPS) is 17.4. The summed E-state index contributed by atoms with van der Waals surface area (Å²) < 4.78 is 27.1. The van der Waals surface area contributed by atoms with E-state index in [9.17, 15) is 18.4 Å². The van der Waals surface area contributed by atoms with Gasteiger partial charge in [0, 0.05) is 11.6 Å². The van der Waals surface area contributed by atoms with E-state index in [0.717, 1.165) is 18.6 Å². The zero-order valence-electron chi connectivity index (χ0n) is 12.4. The molecule has 2 N–H and O–H groups in total. The predicted molar refractivity (Wildman–Crippen MR) is 76.4 cm³/mol. The molecule has 0 heterocycles. The minimum Gasteiger partial charge on any atom is -0.480 e. The molecule has 1 aliphatic rings. The summed E-state index contributed by atoms with van der Waals surface area (Å²) in [4.78, 5) is 23.7. The van der Waals surface area contributed by atoms with Gasteiger partial charge in [-0.2, -0.15) is 0 Å². The van der Waals surface area contributed by atoms with Crippen molar-refractivity contribution in [2.75, 3.05) is 0 Å². The van der Waals surface area contributed by atoms with Crippen molar-refractivity contribution in [2.24, 2.45) is 0 Å². The fourth-order valence-corrected chi connectivity index (χ4v) is 2.87. The first-order valence-corrected chi connectivity index (χ1v) is 7.40. The molecular weight excluding hydrogens is 292 g/mol. The topological polar surface area (TPSA) is 66.4 Å². The van der Waals surface area contributed by atoms with E-state index in [1.807, 2.05) is 6.92 Å². The van der Waals surface area contributed by atoms with E-state index < -0.39 is 35.0 Å². The molecule has 0 aromatic heterocycles. The highest BCUT2D eigenvalue weighted by molar-refractivity contribution is 5.92. The van der Waals surface area contributed by atoms with Crippen LogP contribution in [-0.4, -0.2) is 23.0 Å². The van der Waals surface area contributed by atoms with Gasteiger partial charge in [-0.05, 0) is 25.3 Å². The van der Waals surface area contributed by atoms with Crippen molar-refractivity contribution in [3.8, 4) is 0 Å². The van der Waals surface area contributed by atoms with Crippen LogP contribution < -0.4 is 5.32 Å². The number of carboxylic acids is 1. The largest absolute Gasteiger partial charge is 0.480 e. The number of nitrogens with one attached hydrogen (secondary N) is 1. The average Bonchev–Trinajstić information content (AvgIpc) is 2.39. The lowest BCUT2D eigenvalue weighted by atomic mass is 9.63. The van der Waals surface area contributed by atoms with E-state index >= 15 is 0 Å². The number of halogens is 2. The van der Waals surface area contributed by atoms with Gasteiger partial charge in [-0.1, -0.05) is 25.8 Å². The van der Waals surface area contributed by atoms with Gasteiger partial charge in [-0.25, -0.2) is 13.6 Å². The van der Waals surface area contributed by atoms with Crippen molar-refractivity contribution in [3.63, 3.8) is 0 Å². The molecule has 1 saturated carbocycles. The Bertz CT molecular complexity index is 585. The molecule has 6 heteroatoms. The first-order valence-electron chi connectivity index (χ1n) is 7.40. The second kappa shape index (κ2) is 6.42. The summed E-state index contributed by atoms with van der Waals surface area (Å²) in [6, 6.07) is 2.16. The lowest BCUT2D eigenvalue weighted by Gasteiger charge is -2.41. The SMILES string of the molecule is CCCC(NC(=O)C1(c2ccc(F)cc2F)CCC1)C(=O)O. The Kier molecular flexibility index (Phi) is 4.78. The van der Waals surface area contributed by atoms with Gasteiger partial charge in [0.25, 0.3) is 0 Å². The number of benzene rings is 1. The number of hydrogen-bond acceptors (Lipinski definition) is 2. The molecule has 0 bridgehead atoms. The van der Waals surface area contributed by atoms with E-state index in [4.69, 9.17) is 5.11 Å². The van der Waals surface area contributed by atoms with Crippen LogP contribution in [-0.2, 0) is 15.0 Å². The molecule has 0 spiro atoms. The van der Waals surface area contributed by atoms with Gasteiger partial charge in [0.2, 0.25) is 5.91 Å². The van der Waals surface area contributed by atoms with E-state index in [0.29, 0.717) is 25.7 Å². The number of aliphatic carboxylic acids is 1. The molecule has 0 aliphatic heterocycles. The fraction of sp³-hybridized carbons (Fsp3) is 0.500. The summed E-state index contributed by atoms with van der Waals surface area (Å²) in [6.07, 6.45) is 2.52. The number of hydrogen-bond donors (Lipinski definition) is 2. The van der Waals surface area contributed by atoms with Crippen LogP contribution >= 0.6 is 0 Å². The number of amides is 1. The van der Waals surface area contributed by atoms with Crippen molar-refractivity contribution in [1.82, 2.24) is 5.32 Å². The van der Waals surface area contributed by atoms with Crippen LogP contribution in [0.1, 0.15) is 44.6 Å². The molecule has 1 amide bonds. The Morgan fingerprint density at radius 1 is 1.36 bits per heavy atom. The lowest BCUT2D eigenvalue weighted by Crippen LogP contribution is -2.54. The molecular formula is C16H19F2NO3. The minimum absolute atomic E-state index is 0.137. The maximum Gasteiger partial charge on any atom is 0.326 e. The third kappa shape index (κ3) is 2.96. The summed E-state index contributed by atoms with van der Waals surface area (Å²) in [5, 5.41) is 11.6. The third-order valence-corrected chi connectivity index (χ3v) is 4.27. The van der Waals surface area contributed by atoms with Crippen LogP contribution in [0.15, 0.2) is 18.2 Å². The Balaban J connectivity index is 2.26. The van der Waals surface area contributed by atoms with Crippen molar-refractivity contribution in [1.29, 1.82) is 0 Å². The van der Waals surface area contributed by atoms with Crippen molar-refractivity contribution < 1.29 is 23.5 Å². The molecule has 4 nitrogen and oxygen atoms in total. The summed E-state index contributed by atoms with van der Waals surface area (Å²) in [5.74, 6) is -3.07. The van der Waals surface area contributed by atoms with Gasteiger partial charge in [0.1, 0.15) is 17.7 Å². The van der Waals surface area contributed by atoms with Gasteiger partial charge in [-0.3, -0.25) is 4.79 Å². The lowest BCUT2D eigenvalue weighted by molar-refractivity contribution is -0.143. The Hall–Kier alpha value is -1.98. The fourth-order valence-electron chi connectivity index (χ4n) is 2.87. The highest BCUT2D eigenvalue weighted by Gasteiger charge is 2.48. The third-order valence-electron chi connectivity index (χ3n) is 4.27. The standard InChI is InChI=1S/C16H19F2NO3/c1-2-4-13(14(20)21)19-15(22)16(7-3-8-16)11-6-5-10(17)9-12(11)18/h5-6,9,13H,2-4,7-8H2,1H3,(H,19,22)(H,20,21). The highest BCUT2D eigenvalue weighted by atomic mass is 19.1. The number of carbonyl (C=O) groups excluding carboxylic acids is 1. The van der Waals surface area contributed by atoms with Gasteiger partial charge < -0.3 is 10.4 Å². The van der Waals surface area contributed by atoms with Crippen LogP contribution in [0.2, 0.25) is 0 Å². The molecule has 1 aromatic carbocycles. The average molecular weight is 311 g/mol. The summed E-state index contributed by atoms with van der Waals surface area (Å²) >= 11 is 0. The van der Waals surface area contributed by atoms with Gasteiger partial charge in [0.05, 0.1) is 5.41 Å². The van der Waals surface area contributed by atoms with Gasteiger partial charge in [-0.15, -0.1) is 0 Å². The van der Waals surface area contributed by atoms with E-state index in [2.05, 4.69) is 5.32 Å². The first kappa shape index (κ1) is 16.4. The second-order valence-electron chi connectivity index (χ2n) is 5.71. The smallest absolute Gasteiger partial charge is 0.326 e. The zero-order valence-corrected chi connectivity index (χ0v) is 12.4.